The minimum absolute atomic E-state index is 0.131. The third-order valence-corrected chi connectivity index (χ3v) is 2.37. The third-order valence-electron chi connectivity index (χ3n) is 2.37. The second-order valence-electron chi connectivity index (χ2n) is 3.73. The van der Waals surface area contributed by atoms with Gasteiger partial charge in [0.2, 0.25) is 5.88 Å². The van der Waals surface area contributed by atoms with Crippen LogP contribution >= 0.6 is 0 Å². The lowest BCUT2D eigenvalue weighted by Gasteiger charge is -2.09. The maximum Gasteiger partial charge on any atom is 0.227 e. The van der Waals surface area contributed by atoms with Gasteiger partial charge in [0.05, 0.1) is 5.56 Å². The van der Waals surface area contributed by atoms with E-state index in [1.165, 1.54) is 12.4 Å². The highest BCUT2D eigenvalue weighted by Crippen LogP contribution is 2.27. The summed E-state index contributed by atoms with van der Waals surface area (Å²) in [5, 5.41) is 0. The van der Waals surface area contributed by atoms with Crippen LogP contribution in [-0.4, -0.2) is 9.97 Å². The second kappa shape index (κ2) is 4.37. The van der Waals surface area contributed by atoms with Crippen LogP contribution in [0.25, 0.3) is 0 Å². The zero-order valence-corrected chi connectivity index (χ0v) is 9.57. The number of nitrogen functional groups attached to an aromatic ring is 1. The van der Waals surface area contributed by atoms with Crippen LogP contribution in [0.5, 0.6) is 11.6 Å². The molecule has 1 aromatic heterocycles. The molecular weight excluding hydrogens is 221 g/mol. The summed E-state index contributed by atoms with van der Waals surface area (Å²) in [7, 11) is 0. The first kappa shape index (κ1) is 11.3. The van der Waals surface area contributed by atoms with Gasteiger partial charge in [0.15, 0.2) is 11.6 Å². The molecule has 1 aromatic carbocycles. The first-order chi connectivity index (χ1) is 8.08. The monoisotopic (exact) mass is 233 g/mol. The average Bonchev–Trinajstić information content (AvgIpc) is 2.30. The molecular formula is C12H12FN3O. The summed E-state index contributed by atoms with van der Waals surface area (Å²) >= 11 is 0. The van der Waals surface area contributed by atoms with Crippen LogP contribution in [0.1, 0.15) is 11.1 Å². The summed E-state index contributed by atoms with van der Waals surface area (Å²) in [5.74, 6) is 0.281. The van der Waals surface area contributed by atoms with Crippen molar-refractivity contribution in [2.75, 3.05) is 5.73 Å². The van der Waals surface area contributed by atoms with Crippen molar-refractivity contribution in [3.8, 4) is 11.6 Å². The lowest BCUT2D eigenvalue weighted by atomic mass is 10.2. The smallest absolute Gasteiger partial charge is 0.227 e. The topological polar surface area (TPSA) is 61.0 Å². The van der Waals surface area contributed by atoms with Crippen molar-refractivity contribution in [2.24, 2.45) is 0 Å². The molecule has 0 saturated carbocycles. The Kier molecular flexibility index (Phi) is 2.91. The molecule has 88 valence electrons. The quantitative estimate of drug-likeness (QED) is 0.866. The van der Waals surface area contributed by atoms with Crippen molar-refractivity contribution in [1.82, 2.24) is 9.97 Å². The molecule has 4 nitrogen and oxygen atoms in total. The number of rotatable bonds is 2. The largest absolute Gasteiger partial charge is 0.435 e. The van der Waals surface area contributed by atoms with E-state index in [4.69, 9.17) is 10.5 Å². The highest BCUT2D eigenvalue weighted by molar-refractivity contribution is 5.45. The van der Waals surface area contributed by atoms with E-state index in [-0.39, 0.29) is 11.6 Å². The normalized spacial score (nSPS) is 10.3. The van der Waals surface area contributed by atoms with Crippen LogP contribution < -0.4 is 10.5 Å². The van der Waals surface area contributed by atoms with Gasteiger partial charge in [-0.15, -0.1) is 0 Å². The van der Waals surface area contributed by atoms with Gasteiger partial charge in [-0.2, -0.15) is 0 Å². The van der Waals surface area contributed by atoms with E-state index in [0.29, 0.717) is 11.4 Å². The van der Waals surface area contributed by atoms with Crippen LogP contribution in [-0.2, 0) is 0 Å². The van der Waals surface area contributed by atoms with Crippen LogP contribution in [0.3, 0.4) is 0 Å². The zero-order valence-electron chi connectivity index (χ0n) is 9.57. The Morgan fingerprint density at radius 2 is 2.00 bits per heavy atom. The number of nitrogens with zero attached hydrogens (tertiary/aromatic N) is 2. The molecule has 0 aliphatic heterocycles. The Hall–Kier alpha value is -2.17. The molecule has 0 atom stereocenters. The number of aryl methyl sites for hydroxylation is 1. The van der Waals surface area contributed by atoms with Crippen molar-refractivity contribution in [1.29, 1.82) is 0 Å². The number of hydrogen-bond acceptors (Lipinski definition) is 4. The average molecular weight is 233 g/mol. The molecule has 0 fully saturated rings. The van der Waals surface area contributed by atoms with E-state index in [1.807, 2.05) is 6.92 Å². The van der Waals surface area contributed by atoms with Gasteiger partial charge in [0.1, 0.15) is 12.1 Å². The van der Waals surface area contributed by atoms with Crippen LogP contribution in [0.15, 0.2) is 24.5 Å². The Labute approximate surface area is 98.3 Å². The Morgan fingerprint density at radius 3 is 2.76 bits per heavy atom. The van der Waals surface area contributed by atoms with Crippen LogP contribution in [0, 0.1) is 19.7 Å². The molecule has 0 unspecified atom stereocenters. The Balaban J connectivity index is 2.38. The van der Waals surface area contributed by atoms with Gasteiger partial charge in [-0.25, -0.2) is 14.4 Å². The lowest BCUT2D eigenvalue weighted by Crippen LogP contribution is -2.00. The first-order valence-corrected chi connectivity index (χ1v) is 5.09. The lowest BCUT2D eigenvalue weighted by molar-refractivity contribution is 0.423. The van der Waals surface area contributed by atoms with E-state index in [0.717, 1.165) is 5.56 Å². The fourth-order valence-electron chi connectivity index (χ4n) is 1.34. The van der Waals surface area contributed by atoms with Crippen LogP contribution in [0.4, 0.5) is 10.2 Å². The summed E-state index contributed by atoms with van der Waals surface area (Å²) in [5.41, 5.74) is 7.11. The first-order valence-electron chi connectivity index (χ1n) is 5.09. The molecule has 0 spiro atoms. The number of anilines is 1. The number of hydrogen-bond donors (Lipinski definition) is 1. The van der Waals surface area contributed by atoms with Gasteiger partial charge < -0.3 is 10.5 Å². The van der Waals surface area contributed by atoms with E-state index < -0.39 is 5.82 Å². The Morgan fingerprint density at radius 1 is 1.24 bits per heavy atom. The molecule has 1 heterocycles. The molecule has 0 radical (unpaired) electrons. The molecule has 0 amide bonds. The van der Waals surface area contributed by atoms with E-state index >= 15 is 0 Å². The van der Waals surface area contributed by atoms with Gasteiger partial charge in [-0.3, -0.25) is 0 Å². The van der Waals surface area contributed by atoms with Crippen molar-refractivity contribution in [3.05, 3.63) is 41.5 Å². The molecule has 0 saturated heterocycles. The molecule has 2 aromatic rings. The number of aromatic nitrogens is 2. The summed E-state index contributed by atoms with van der Waals surface area (Å²) in [6, 6.07) is 4.63. The van der Waals surface area contributed by atoms with Gasteiger partial charge in [0, 0.05) is 0 Å². The molecule has 0 bridgehead atoms. The van der Waals surface area contributed by atoms with Crippen molar-refractivity contribution in [2.45, 2.75) is 13.8 Å². The SMILES string of the molecule is Cc1ccc(F)c(Oc2ncnc(N)c2C)c1. The van der Waals surface area contributed by atoms with Gasteiger partial charge >= 0.3 is 0 Å². The number of ether oxygens (including phenoxy) is 1. The Bertz CT molecular complexity index is 557. The standard InChI is InChI=1S/C12H12FN3O/c1-7-3-4-9(13)10(5-7)17-12-8(2)11(14)15-6-16-12/h3-6H,1-2H3,(H2,14,15,16). The van der Waals surface area contributed by atoms with Gasteiger partial charge in [-0.1, -0.05) is 6.07 Å². The van der Waals surface area contributed by atoms with E-state index in [9.17, 15) is 4.39 Å². The molecule has 0 aliphatic rings. The fraction of sp³-hybridized carbons (Fsp3) is 0.167. The molecule has 17 heavy (non-hydrogen) atoms. The number of halogens is 1. The number of benzene rings is 1. The zero-order chi connectivity index (χ0) is 12.4. The summed E-state index contributed by atoms with van der Waals surface area (Å²) in [4.78, 5) is 7.74. The van der Waals surface area contributed by atoms with E-state index in [2.05, 4.69) is 9.97 Å². The third kappa shape index (κ3) is 2.33. The highest BCUT2D eigenvalue weighted by atomic mass is 19.1. The highest BCUT2D eigenvalue weighted by Gasteiger charge is 2.10. The predicted octanol–water partition coefficient (Wildman–Crippen LogP) is 2.61. The van der Waals surface area contributed by atoms with Crippen LogP contribution in [0.2, 0.25) is 0 Å². The molecule has 5 heteroatoms. The maximum atomic E-state index is 13.5. The fourth-order valence-corrected chi connectivity index (χ4v) is 1.34. The maximum absolute atomic E-state index is 13.5. The molecule has 0 aliphatic carbocycles. The predicted molar refractivity (Wildman–Crippen MR) is 62.4 cm³/mol. The van der Waals surface area contributed by atoms with Gasteiger partial charge in [-0.05, 0) is 31.5 Å². The molecule has 2 N–H and O–H groups in total. The minimum atomic E-state index is -0.438. The number of nitrogens with two attached hydrogens (primary N) is 1. The van der Waals surface area contributed by atoms with Crippen molar-refractivity contribution >= 4 is 5.82 Å². The minimum Gasteiger partial charge on any atom is -0.435 e. The summed E-state index contributed by atoms with van der Waals surface area (Å²) in [6.45, 7) is 3.58. The second-order valence-corrected chi connectivity index (χ2v) is 3.73. The van der Waals surface area contributed by atoms with Crippen molar-refractivity contribution in [3.63, 3.8) is 0 Å². The summed E-state index contributed by atoms with van der Waals surface area (Å²) in [6.07, 6.45) is 1.28. The van der Waals surface area contributed by atoms with Gasteiger partial charge in [0.25, 0.3) is 0 Å². The molecule has 2 rings (SSSR count). The summed E-state index contributed by atoms with van der Waals surface area (Å²) < 4.78 is 18.9. The van der Waals surface area contributed by atoms with E-state index in [1.54, 1.807) is 19.1 Å². The van der Waals surface area contributed by atoms with Crippen molar-refractivity contribution < 1.29 is 9.13 Å².